The van der Waals surface area contributed by atoms with E-state index in [1.54, 1.807) is 33.5 Å². The van der Waals surface area contributed by atoms with Crippen LogP contribution in [0.4, 0.5) is 0 Å². The maximum Gasteiger partial charge on any atom is 0.232 e. The number of carbonyl (C=O) groups is 1. The predicted octanol–water partition coefficient (Wildman–Crippen LogP) is 4.99. The number of ketones is 1. The molecule has 5 rings (SSSR count). The molecular weight excluding hydrogens is 446 g/mol. The first-order valence-electron chi connectivity index (χ1n) is 11.3. The van der Waals surface area contributed by atoms with Crippen molar-refractivity contribution in [2.45, 2.75) is 20.0 Å². The number of aryl methyl sites for hydroxylation is 1. The van der Waals surface area contributed by atoms with Gasteiger partial charge in [-0.2, -0.15) is 0 Å². The number of hydrogen-bond donors (Lipinski definition) is 0. The van der Waals surface area contributed by atoms with Gasteiger partial charge < -0.3 is 23.7 Å². The van der Waals surface area contributed by atoms with Gasteiger partial charge in [-0.25, -0.2) is 0 Å². The number of carbonyl (C=O) groups excluding carboxylic acids is 1. The van der Waals surface area contributed by atoms with Gasteiger partial charge >= 0.3 is 0 Å². The molecule has 0 spiro atoms. The highest BCUT2D eigenvalue weighted by molar-refractivity contribution is 6.16. The van der Waals surface area contributed by atoms with Gasteiger partial charge in [0.05, 0.1) is 32.5 Å². The smallest absolute Gasteiger partial charge is 0.232 e. The summed E-state index contributed by atoms with van der Waals surface area (Å²) in [6, 6.07) is 15.3. The van der Waals surface area contributed by atoms with Gasteiger partial charge in [-0.1, -0.05) is 30.3 Å². The van der Waals surface area contributed by atoms with E-state index in [1.165, 1.54) is 0 Å². The molecule has 3 aromatic rings. The van der Waals surface area contributed by atoms with Crippen LogP contribution >= 0.6 is 0 Å². The summed E-state index contributed by atoms with van der Waals surface area (Å²) in [5, 5.41) is 0. The monoisotopic (exact) mass is 473 g/mol. The Hall–Kier alpha value is -3.97. The fraction of sp³-hybridized carbons (Fsp3) is 0.250. The average molecular weight is 474 g/mol. The number of fused-ring (bicyclic) bond motifs is 3. The van der Waals surface area contributed by atoms with Gasteiger partial charge in [0.2, 0.25) is 5.78 Å². The Labute approximate surface area is 204 Å². The lowest BCUT2D eigenvalue weighted by atomic mass is 9.98. The molecule has 2 aliphatic rings. The minimum absolute atomic E-state index is 0.160. The third kappa shape index (κ3) is 4.08. The lowest BCUT2D eigenvalue weighted by Crippen LogP contribution is -2.32. The number of hydrogen-bond acceptors (Lipinski definition) is 7. The number of nitrogens with zero attached hydrogens (tertiary/aromatic N) is 1. The minimum Gasteiger partial charge on any atom is -0.496 e. The Morgan fingerprint density at radius 1 is 1.00 bits per heavy atom. The van der Waals surface area contributed by atoms with Crippen LogP contribution in [0.5, 0.6) is 28.7 Å². The number of allylic oxidation sites excluding steroid dienone is 1. The number of para-hydroxylation sites is 2. The molecule has 0 fully saturated rings. The van der Waals surface area contributed by atoms with Crippen LogP contribution in [-0.4, -0.2) is 38.7 Å². The van der Waals surface area contributed by atoms with E-state index in [4.69, 9.17) is 23.7 Å². The Morgan fingerprint density at radius 3 is 2.54 bits per heavy atom. The molecule has 35 heavy (non-hydrogen) atoms. The number of Topliss-reactive ketones (excluding diaryl/α,β-unsaturated/α-hetero) is 1. The van der Waals surface area contributed by atoms with E-state index in [9.17, 15) is 4.79 Å². The Bertz CT molecular complexity index is 1330. The van der Waals surface area contributed by atoms with Crippen LogP contribution in [0, 0.1) is 6.92 Å². The van der Waals surface area contributed by atoms with Crippen LogP contribution in [-0.2, 0) is 13.1 Å². The highest BCUT2D eigenvalue weighted by atomic mass is 16.5. The Morgan fingerprint density at radius 2 is 1.77 bits per heavy atom. The normalized spacial score (nSPS) is 15.8. The molecule has 0 saturated carbocycles. The van der Waals surface area contributed by atoms with Crippen molar-refractivity contribution in [3.8, 4) is 28.7 Å². The zero-order valence-electron chi connectivity index (χ0n) is 20.2. The van der Waals surface area contributed by atoms with Gasteiger partial charge in [0.15, 0.2) is 17.3 Å². The maximum atomic E-state index is 13.4. The second kappa shape index (κ2) is 9.35. The molecule has 0 unspecified atom stereocenters. The van der Waals surface area contributed by atoms with Gasteiger partial charge in [-0.15, -0.1) is 0 Å². The molecule has 0 aliphatic carbocycles. The standard InChI is InChI=1S/C28H27NO6/c1-17-12-23-20(15-29(16-34-23)14-19-8-5-6-10-21(19)31-2)28-25(17)26(30)24(35-28)13-18-9-7-11-22(32-3)27(18)33-4/h5-13H,14-16H2,1-4H3/b24-13-. The molecule has 0 radical (unpaired) electrons. The second-order valence-electron chi connectivity index (χ2n) is 8.47. The van der Waals surface area contributed by atoms with Crippen LogP contribution in [0.15, 0.2) is 54.3 Å². The largest absolute Gasteiger partial charge is 0.496 e. The highest BCUT2D eigenvalue weighted by Crippen LogP contribution is 2.45. The lowest BCUT2D eigenvalue weighted by molar-refractivity contribution is 0.0864. The summed E-state index contributed by atoms with van der Waals surface area (Å²) in [5.74, 6) is 3.33. The molecular formula is C28H27NO6. The predicted molar refractivity (Wildman–Crippen MR) is 131 cm³/mol. The average Bonchev–Trinajstić information content (AvgIpc) is 3.21. The van der Waals surface area contributed by atoms with Crippen LogP contribution in [0.2, 0.25) is 0 Å². The van der Waals surface area contributed by atoms with E-state index >= 15 is 0 Å². The number of benzene rings is 3. The summed E-state index contributed by atoms with van der Waals surface area (Å²) >= 11 is 0. The molecule has 2 aliphatic heterocycles. The van der Waals surface area contributed by atoms with Crippen molar-refractivity contribution >= 4 is 11.9 Å². The fourth-order valence-electron chi connectivity index (χ4n) is 4.62. The van der Waals surface area contributed by atoms with E-state index < -0.39 is 0 Å². The van der Waals surface area contributed by atoms with E-state index in [0.717, 1.165) is 28.2 Å². The molecule has 0 atom stereocenters. The first kappa shape index (κ1) is 22.8. The molecule has 0 bridgehead atoms. The maximum absolute atomic E-state index is 13.4. The zero-order chi connectivity index (χ0) is 24.5. The van der Waals surface area contributed by atoms with Crippen LogP contribution in [0.3, 0.4) is 0 Å². The van der Waals surface area contributed by atoms with Crippen molar-refractivity contribution in [3.63, 3.8) is 0 Å². The summed E-state index contributed by atoms with van der Waals surface area (Å²) in [4.78, 5) is 15.5. The third-order valence-corrected chi connectivity index (χ3v) is 6.29. The quantitative estimate of drug-likeness (QED) is 0.467. The highest BCUT2D eigenvalue weighted by Gasteiger charge is 2.35. The Kier molecular flexibility index (Phi) is 6.09. The van der Waals surface area contributed by atoms with Crippen LogP contribution < -0.4 is 23.7 Å². The number of methoxy groups -OCH3 is 3. The molecule has 180 valence electrons. The van der Waals surface area contributed by atoms with Gasteiger partial charge in [0.1, 0.15) is 24.0 Å². The molecule has 7 heteroatoms. The van der Waals surface area contributed by atoms with Crippen molar-refractivity contribution in [1.29, 1.82) is 0 Å². The van der Waals surface area contributed by atoms with Crippen molar-refractivity contribution in [2.75, 3.05) is 28.1 Å². The zero-order valence-corrected chi connectivity index (χ0v) is 20.2. The van der Waals surface area contributed by atoms with E-state index in [-0.39, 0.29) is 11.5 Å². The van der Waals surface area contributed by atoms with E-state index in [2.05, 4.69) is 4.90 Å². The molecule has 7 nitrogen and oxygen atoms in total. The minimum atomic E-state index is -0.160. The third-order valence-electron chi connectivity index (χ3n) is 6.29. The van der Waals surface area contributed by atoms with Gasteiger partial charge in [-0.3, -0.25) is 9.69 Å². The van der Waals surface area contributed by atoms with Gasteiger partial charge in [0, 0.05) is 24.2 Å². The topological polar surface area (TPSA) is 66.5 Å². The van der Waals surface area contributed by atoms with Gasteiger partial charge in [-0.05, 0) is 36.8 Å². The second-order valence-corrected chi connectivity index (χ2v) is 8.47. The summed E-state index contributed by atoms with van der Waals surface area (Å²) in [6.07, 6.45) is 1.70. The molecule has 3 aromatic carbocycles. The molecule has 0 amide bonds. The van der Waals surface area contributed by atoms with Crippen molar-refractivity contribution in [2.24, 2.45) is 0 Å². The van der Waals surface area contributed by atoms with Crippen LogP contribution in [0.25, 0.3) is 6.08 Å². The fourth-order valence-corrected chi connectivity index (χ4v) is 4.62. The number of rotatable bonds is 6. The van der Waals surface area contributed by atoms with Crippen LogP contribution in [0.1, 0.15) is 32.6 Å². The molecule has 0 N–H and O–H groups in total. The molecule has 0 saturated heterocycles. The molecule has 0 aromatic heterocycles. The first-order chi connectivity index (χ1) is 17.0. The lowest BCUT2D eigenvalue weighted by Gasteiger charge is -2.30. The first-order valence-corrected chi connectivity index (χ1v) is 11.3. The van der Waals surface area contributed by atoms with Gasteiger partial charge in [0.25, 0.3) is 0 Å². The van der Waals surface area contributed by atoms with E-state index in [0.29, 0.717) is 48.2 Å². The van der Waals surface area contributed by atoms with Crippen molar-refractivity contribution < 1.29 is 28.5 Å². The summed E-state index contributed by atoms with van der Waals surface area (Å²) < 4.78 is 28.7. The SMILES string of the molecule is COc1ccccc1CN1COc2cc(C)c3c(c2C1)O/C(=C\c1cccc(OC)c1OC)C3=O. The number of ether oxygens (including phenoxy) is 5. The van der Waals surface area contributed by atoms with Crippen molar-refractivity contribution in [3.05, 3.63) is 82.1 Å². The summed E-state index contributed by atoms with van der Waals surface area (Å²) in [6.45, 7) is 3.56. The summed E-state index contributed by atoms with van der Waals surface area (Å²) in [7, 11) is 4.82. The molecule has 2 heterocycles. The summed E-state index contributed by atoms with van der Waals surface area (Å²) in [5.41, 5.74) is 4.01. The van der Waals surface area contributed by atoms with E-state index in [1.807, 2.05) is 49.4 Å². The Balaban J connectivity index is 1.48. The van der Waals surface area contributed by atoms with Crippen molar-refractivity contribution in [1.82, 2.24) is 4.90 Å².